The van der Waals surface area contributed by atoms with E-state index in [4.69, 9.17) is 4.74 Å². The third-order valence-electron chi connectivity index (χ3n) is 5.00. The molecule has 0 radical (unpaired) electrons. The van der Waals surface area contributed by atoms with Crippen molar-refractivity contribution in [3.63, 3.8) is 0 Å². The SMILES string of the molecule is O=C1[C@H](N(Cc2ccccc2)Cc2ccccc2)C[C@H]1Oc1ccccc1. The average Bonchev–Trinajstić information content (AvgIpc) is 2.72. The van der Waals surface area contributed by atoms with Gasteiger partial charge in [-0.25, -0.2) is 0 Å². The lowest BCUT2D eigenvalue weighted by atomic mass is 9.85. The molecule has 0 unspecified atom stereocenters. The molecule has 0 N–H and O–H groups in total. The first-order valence-corrected chi connectivity index (χ1v) is 9.37. The number of para-hydroxylation sites is 1. The molecule has 3 aromatic carbocycles. The predicted molar refractivity (Wildman–Crippen MR) is 106 cm³/mol. The van der Waals surface area contributed by atoms with Gasteiger partial charge in [-0.05, 0) is 23.3 Å². The lowest BCUT2D eigenvalue weighted by Gasteiger charge is -2.41. The van der Waals surface area contributed by atoms with Crippen LogP contribution < -0.4 is 4.74 Å². The highest BCUT2D eigenvalue weighted by molar-refractivity contribution is 5.94. The van der Waals surface area contributed by atoms with Crippen LogP contribution in [0.4, 0.5) is 0 Å². The zero-order valence-corrected chi connectivity index (χ0v) is 15.2. The highest BCUT2D eigenvalue weighted by atomic mass is 16.5. The first kappa shape index (κ1) is 17.5. The molecule has 1 aliphatic carbocycles. The zero-order valence-electron chi connectivity index (χ0n) is 15.2. The summed E-state index contributed by atoms with van der Waals surface area (Å²) < 4.78 is 5.87. The van der Waals surface area contributed by atoms with E-state index in [-0.39, 0.29) is 17.9 Å². The van der Waals surface area contributed by atoms with Crippen LogP contribution in [0.2, 0.25) is 0 Å². The molecule has 2 atom stereocenters. The predicted octanol–water partition coefficient (Wildman–Crippen LogP) is 4.48. The van der Waals surface area contributed by atoms with Gasteiger partial charge >= 0.3 is 0 Å². The number of ether oxygens (including phenoxy) is 1. The van der Waals surface area contributed by atoms with E-state index in [2.05, 4.69) is 29.2 Å². The molecule has 3 aromatic rings. The van der Waals surface area contributed by atoms with Gasteiger partial charge in [0.25, 0.3) is 0 Å². The fourth-order valence-electron chi connectivity index (χ4n) is 3.50. The molecule has 0 amide bonds. The van der Waals surface area contributed by atoms with E-state index in [9.17, 15) is 4.79 Å². The number of hydrogen-bond acceptors (Lipinski definition) is 3. The van der Waals surface area contributed by atoms with Gasteiger partial charge in [-0.1, -0.05) is 78.9 Å². The number of carbonyl (C=O) groups is 1. The molecule has 0 spiro atoms. The summed E-state index contributed by atoms with van der Waals surface area (Å²) in [5, 5.41) is 0. The van der Waals surface area contributed by atoms with Crippen LogP contribution in [0.15, 0.2) is 91.0 Å². The van der Waals surface area contributed by atoms with Crippen molar-refractivity contribution in [2.24, 2.45) is 0 Å². The first-order valence-electron chi connectivity index (χ1n) is 9.37. The van der Waals surface area contributed by atoms with Crippen molar-refractivity contribution in [1.29, 1.82) is 0 Å². The van der Waals surface area contributed by atoms with E-state index in [0.717, 1.165) is 25.3 Å². The number of ketones is 1. The smallest absolute Gasteiger partial charge is 0.190 e. The molecule has 0 aliphatic heterocycles. The molecule has 1 saturated carbocycles. The number of hydrogen-bond donors (Lipinski definition) is 0. The highest BCUT2D eigenvalue weighted by Crippen LogP contribution is 2.29. The summed E-state index contributed by atoms with van der Waals surface area (Å²) in [5.74, 6) is 0.928. The minimum absolute atomic E-state index is 0.0980. The molecule has 0 saturated heterocycles. The van der Waals surface area contributed by atoms with Crippen LogP contribution in [0.3, 0.4) is 0 Å². The fourth-order valence-corrected chi connectivity index (χ4v) is 3.50. The van der Waals surface area contributed by atoms with Crippen LogP contribution >= 0.6 is 0 Å². The maximum Gasteiger partial charge on any atom is 0.190 e. The van der Waals surface area contributed by atoms with Crippen molar-refractivity contribution in [1.82, 2.24) is 4.90 Å². The first-order chi connectivity index (χ1) is 13.3. The van der Waals surface area contributed by atoms with Crippen molar-refractivity contribution < 1.29 is 9.53 Å². The third kappa shape index (κ3) is 4.26. The lowest BCUT2D eigenvalue weighted by Crippen LogP contribution is -2.57. The van der Waals surface area contributed by atoms with E-state index < -0.39 is 0 Å². The number of nitrogens with zero attached hydrogens (tertiary/aromatic N) is 1. The van der Waals surface area contributed by atoms with Crippen LogP contribution in [-0.4, -0.2) is 22.8 Å². The molecule has 3 heteroatoms. The van der Waals surface area contributed by atoms with E-state index in [0.29, 0.717) is 0 Å². The average molecular weight is 357 g/mol. The van der Waals surface area contributed by atoms with Crippen molar-refractivity contribution in [2.45, 2.75) is 31.7 Å². The van der Waals surface area contributed by atoms with Crippen LogP contribution in [0.1, 0.15) is 17.5 Å². The molecule has 27 heavy (non-hydrogen) atoms. The Morgan fingerprint density at radius 1 is 0.741 bits per heavy atom. The second-order valence-corrected chi connectivity index (χ2v) is 6.95. The van der Waals surface area contributed by atoms with Crippen LogP contribution in [0, 0.1) is 0 Å². The van der Waals surface area contributed by atoms with Crippen LogP contribution in [0.25, 0.3) is 0 Å². The number of rotatable bonds is 7. The topological polar surface area (TPSA) is 29.5 Å². The standard InChI is InChI=1S/C24H23NO2/c26-24-22(16-23(24)27-21-14-8-3-9-15-21)25(17-19-10-4-1-5-11-19)18-20-12-6-2-7-13-20/h1-15,22-23H,16-18H2/t22-,23-/m1/s1. The van der Waals surface area contributed by atoms with Crippen LogP contribution in [-0.2, 0) is 17.9 Å². The van der Waals surface area contributed by atoms with Crippen molar-refractivity contribution in [3.05, 3.63) is 102 Å². The number of Topliss-reactive ketones (excluding diaryl/α,β-unsaturated/α-hetero) is 1. The van der Waals surface area contributed by atoms with Gasteiger partial charge in [0, 0.05) is 19.5 Å². The Kier molecular flexibility index (Phi) is 5.31. The molecule has 136 valence electrons. The van der Waals surface area contributed by atoms with Gasteiger partial charge in [-0.3, -0.25) is 9.69 Å². The largest absolute Gasteiger partial charge is 0.483 e. The van der Waals surface area contributed by atoms with Crippen molar-refractivity contribution in [3.8, 4) is 5.75 Å². The molecule has 1 aliphatic rings. The van der Waals surface area contributed by atoms with E-state index >= 15 is 0 Å². The Morgan fingerprint density at radius 3 is 1.70 bits per heavy atom. The summed E-state index contributed by atoms with van der Waals surface area (Å²) in [7, 11) is 0. The summed E-state index contributed by atoms with van der Waals surface area (Å²) in [6.45, 7) is 1.51. The van der Waals surface area contributed by atoms with E-state index in [1.165, 1.54) is 11.1 Å². The number of carbonyl (C=O) groups excluding carboxylic acids is 1. The van der Waals surface area contributed by atoms with Gasteiger partial charge in [0.1, 0.15) is 5.75 Å². The second-order valence-electron chi connectivity index (χ2n) is 6.95. The zero-order chi connectivity index (χ0) is 18.5. The fraction of sp³-hybridized carbons (Fsp3) is 0.208. The second kappa shape index (κ2) is 8.19. The van der Waals surface area contributed by atoms with Crippen molar-refractivity contribution in [2.75, 3.05) is 0 Å². The molecule has 4 rings (SSSR count). The van der Waals surface area contributed by atoms with Crippen LogP contribution in [0.5, 0.6) is 5.75 Å². The molecule has 1 fully saturated rings. The lowest BCUT2D eigenvalue weighted by molar-refractivity contribution is -0.144. The highest BCUT2D eigenvalue weighted by Gasteiger charge is 2.44. The Labute approximate surface area is 160 Å². The normalized spacial score (nSPS) is 18.9. The number of benzene rings is 3. The van der Waals surface area contributed by atoms with Crippen molar-refractivity contribution >= 4 is 5.78 Å². The third-order valence-corrected chi connectivity index (χ3v) is 5.00. The molecular weight excluding hydrogens is 334 g/mol. The molecule has 0 heterocycles. The molecule has 3 nitrogen and oxygen atoms in total. The van der Waals surface area contributed by atoms with Gasteiger partial charge in [0.2, 0.25) is 0 Å². The van der Waals surface area contributed by atoms with Gasteiger partial charge in [-0.2, -0.15) is 0 Å². The van der Waals surface area contributed by atoms with Gasteiger partial charge in [0.05, 0.1) is 6.04 Å². The minimum Gasteiger partial charge on any atom is -0.483 e. The summed E-state index contributed by atoms with van der Waals surface area (Å²) in [6.07, 6.45) is 0.388. The molecule has 0 aromatic heterocycles. The maximum absolute atomic E-state index is 12.8. The maximum atomic E-state index is 12.8. The summed E-state index contributed by atoms with van der Waals surface area (Å²) in [6, 6.07) is 30.1. The summed E-state index contributed by atoms with van der Waals surface area (Å²) in [4.78, 5) is 15.1. The Bertz CT molecular complexity index is 823. The molecular formula is C24H23NO2. The quantitative estimate of drug-likeness (QED) is 0.624. The summed E-state index contributed by atoms with van der Waals surface area (Å²) >= 11 is 0. The van der Waals surface area contributed by atoms with E-state index in [1.807, 2.05) is 66.7 Å². The van der Waals surface area contributed by atoms with Gasteiger partial charge < -0.3 is 4.74 Å². The Hall–Kier alpha value is -2.91. The summed E-state index contributed by atoms with van der Waals surface area (Å²) in [5.41, 5.74) is 2.43. The Balaban J connectivity index is 1.46. The van der Waals surface area contributed by atoms with E-state index in [1.54, 1.807) is 0 Å². The van der Waals surface area contributed by atoms with Gasteiger partial charge in [-0.15, -0.1) is 0 Å². The van der Waals surface area contributed by atoms with Gasteiger partial charge in [0.15, 0.2) is 11.9 Å². The Morgan fingerprint density at radius 2 is 1.22 bits per heavy atom. The minimum atomic E-state index is -0.341. The monoisotopic (exact) mass is 357 g/mol. The molecule has 0 bridgehead atoms.